The number of aromatic amines is 1. The molecule has 0 saturated carbocycles. The van der Waals surface area contributed by atoms with Crippen LogP contribution in [-0.2, 0) is 0 Å². The summed E-state index contributed by atoms with van der Waals surface area (Å²) in [6, 6.07) is 4.50. The number of nitrogens with one attached hydrogen (secondary N) is 2. The van der Waals surface area contributed by atoms with Gasteiger partial charge < -0.3 is 15.4 Å². The quantitative estimate of drug-likeness (QED) is 0.779. The molecule has 0 saturated heterocycles. The monoisotopic (exact) mass is 269 g/mol. The van der Waals surface area contributed by atoms with Crippen molar-refractivity contribution in [3.05, 3.63) is 24.0 Å². The fourth-order valence-electron chi connectivity index (χ4n) is 1.80. The average molecular weight is 269 g/mol. The number of aromatic nitrogens is 2. The molecule has 3 N–H and O–H groups in total. The van der Waals surface area contributed by atoms with Crippen LogP contribution in [0.25, 0.3) is 11.0 Å². The molecule has 0 fully saturated rings. The number of aliphatic hydroxyl groups excluding tert-OH is 1. The van der Waals surface area contributed by atoms with Gasteiger partial charge in [-0.3, -0.25) is 0 Å². The van der Waals surface area contributed by atoms with Crippen molar-refractivity contribution in [2.45, 2.75) is 18.2 Å². The topological polar surface area (TPSA) is 60.9 Å². The molecule has 0 aliphatic rings. The van der Waals surface area contributed by atoms with Crippen molar-refractivity contribution < 1.29 is 9.50 Å². The third-order valence-corrected chi connectivity index (χ3v) is 4.01. The Bertz CT molecular complexity index is 527. The first-order chi connectivity index (χ1) is 8.63. The van der Waals surface area contributed by atoms with Crippen LogP contribution in [0, 0.1) is 5.82 Å². The van der Waals surface area contributed by atoms with Crippen molar-refractivity contribution in [1.82, 2.24) is 9.97 Å². The number of fused-ring (bicyclic) bond motifs is 1. The Kier molecular flexibility index (Phi) is 4.08. The predicted molar refractivity (Wildman–Crippen MR) is 73.5 cm³/mol. The third kappa shape index (κ3) is 2.76. The van der Waals surface area contributed by atoms with Gasteiger partial charge in [0, 0.05) is 11.3 Å². The number of halogens is 1. The molecule has 0 spiro atoms. The van der Waals surface area contributed by atoms with E-state index >= 15 is 0 Å². The van der Waals surface area contributed by atoms with Crippen LogP contribution in [-0.4, -0.2) is 39.2 Å². The number of benzene rings is 1. The van der Waals surface area contributed by atoms with Gasteiger partial charge in [0.15, 0.2) is 0 Å². The third-order valence-electron chi connectivity index (χ3n) is 2.85. The molecule has 1 heterocycles. The molecule has 6 heteroatoms. The van der Waals surface area contributed by atoms with Gasteiger partial charge in [0.1, 0.15) is 5.82 Å². The second-order valence-corrected chi connectivity index (χ2v) is 5.21. The average Bonchev–Trinajstić information content (AvgIpc) is 2.71. The molecular weight excluding hydrogens is 253 g/mol. The summed E-state index contributed by atoms with van der Waals surface area (Å²) in [5.41, 5.74) is 1.38. The van der Waals surface area contributed by atoms with Gasteiger partial charge in [-0.05, 0) is 31.4 Å². The van der Waals surface area contributed by atoms with Crippen molar-refractivity contribution >= 4 is 28.7 Å². The van der Waals surface area contributed by atoms with E-state index in [1.54, 1.807) is 17.8 Å². The first kappa shape index (κ1) is 13.2. The number of hydrogen-bond acceptors (Lipinski definition) is 4. The van der Waals surface area contributed by atoms with Gasteiger partial charge in [0.2, 0.25) is 5.95 Å². The van der Waals surface area contributed by atoms with Gasteiger partial charge in [0.25, 0.3) is 0 Å². The Morgan fingerprint density at radius 3 is 3.00 bits per heavy atom. The lowest BCUT2D eigenvalue weighted by molar-refractivity contribution is 0.288. The molecule has 0 aliphatic carbocycles. The zero-order valence-corrected chi connectivity index (χ0v) is 11.1. The van der Waals surface area contributed by atoms with Crippen molar-refractivity contribution in [3.63, 3.8) is 0 Å². The minimum Gasteiger partial charge on any atom is -0.395 e. The van der Waals surface area contributed by atoms with E-state index in [9.17, 15) is 9.50 Å². The van der Waals surface area contributed by atoms with Crippen molar-refractivity contribution in [2.75, 3.05) is 18.2 Å². The van der Waals surface area contributed by atoms with Gasteiger partial charge in [-0.15, -0.1) is 0 Å². The van der Waals surface area contributed by atoms with Gasteiger partial charge >= 0.3 is 0 Å². The maximum atomic E-state index is 13.0. The second kappa shape index (κ2) is 5.58. The maximum Gasteiger partial charge on any atom is 0.201 e. The van der Waals surface area contributed by atoms with Crippen LogP contribution >= 0.6 is 11.8 Å². The number of hydrogen-bond donors (Lipinski definition) is 3. The standard InChI is InChI=1S/C12H16FN3OS/c1-7(11(6-17)18-2)14-12-15-9-4-3-8(13)5-10(9)16-12/h3-5,7,11,17H,6H2,1-2H3,(H2,14,15,16). The van der Waals surface area contributed by atoms with Crippen LogP contribution in [0.2, 0.25) is 0 Å². The van der Waals surface area contributed by atoms with E-state index in [1.165, 1.54) is 12.1 Å². The highest BCUT2D eigenvalue weighted by molar-refractivity contribution is 7.99. The first-order valence-corrected chi connectivity index (χ1v) is 6.98. The Morgan fingerprint density at radius 2 is 2.33 bits per heavy atom. The summed E-state index contributed by atoms with van der Waals surface area (Å²) in [5, 5.41) is 12.5. The van der Waals surface area contributed by atoms with Crippen LogP contribution in [0.3, 0.4) is 0 Å². The minimum absolute atomic E-state index is 0.0652. The van der Waals surface area contributed by atoms with E-state index in [0.29, 0.717) is 11.5 Å². The van der Waals surface area contributed by atoms with E-state index < -0.39 is 0 Å². The van der Waals surface area contributed by atoms with Crippen molar-refractivity contribution in [3.8, 4) is 0 Å². The van der Waals surface area contributed by atoms with Crippen molar-refractivity contribution in [1.29, 1.82) is 0 Å². The van der Waals surface area contributed by atoms with E-state index in [2.05, 4.69) is 15.3 Å². The van der Waals surface area contributed by atoms with Crippen LogP contribution in [0.5, 0.6) is 0 Å². The van der Waals surface area contributed by atoms with E-state index in [-0.39, 0.29) is 23.7 Å². The van der Waals surface area contributed by atoms with Crippen LogP contribution in [0.15, 0.2) is 18.2 Å². The van der Waals surface area contributed by atoms with Gasteiger partial charge in [-0.2, -0.15) is 11.8 Å². The Labute approximate surface area is 109 Å². The summed E-state index contributed by atoms with van der Waals surface area (Å²) < 4.78 is 13.0. The number of anilines is 1. The smallest absolute Gasteiger partial charge is 0.201 e. The summed E-state index contributed by atoms with van der Waals surface area (Å²) in [4.78, 5) is 7.34. The Morgan fingerprint density at radius 1 is 1.56 bits per heavy atom. The molecule has 0 amide bonds. The Balaban J connectivity index is 2.16. The fraction of sp³-hybridized carbons (Fsp3) is 0.417. The molecule has 2 atom stereocenters. The SMILES string of the molecule is CSC(CO)C(C)Nc1nc2ccc(F)cc2[nH]1. The lowest BCUT2D eigenvalue weighted by Gasteiger charge is -2.20. The molecule has 2 rings (SSSR count). The molecule has 98 valence electrons. The fourth-order valence-corrected chi connectivity index (χ4v) is 2.42. The largest absolute Gasteiger partial charge is 0.395 e. The number of imidazole rings is 1. The summed E-state index contributed by atoms with van der Waals surface area (Å²) in [6.45, 7) is 2.08. The molecule has 0 radical (unpaired) electrons. The zero-order valence-electron chi connectivity index (χ0n) is 10.3. The van der Waals surface area contributed by atoms with E-state index in [0.717, 1.165) is 5.52 Å². The van der Waals surface area contributed by atoms with Gasteiger partial charge in [0.05, 0.1) is 17.6 Å². The lowest BCUT2D eigenvalue weighted by atomic mass is 10.2. The van der Waals surface area contributed by atoms with Crippen LogP contribution in [0.1, 0.15) is 6.92 Å². The minimum atomic E-state index is -0.289. The molecule has 2 unspecified atom stereocenters. The summed E-state index contributed by atoms with van der Waals surface area (Å²) in [6.07, 6.45) is 1.95. The number of rotatable bonds is 5. The maximum absolute atomic E-state index is 13.0. The lowest BCUT2D eigenvalue weighted by Crippen LogP contribution is -2.31. The number of nitrogens with zero attached hydrogens (tertiary/aromatic N) is 1. The number of thioether (sulfide) groups is 1. The zero-order chi connectivity index (χ0) is 13.1. The highest BCUT2D eigenvalue weighted by atomic mass is 32.2. The normalized spacial score (nSPS) is 14.7. The highest BCUT2D eigenvalue weighted by Crippen LogP contribution is 2.18. The summed E-state index contributed by atoms with van der Waals surface area (Å²) in [5.74, 6) is 0.304. The van der Waals surface area contributed by atoms with E-state index in [1.807, 2.05) is 13.2 Å². The summed E-state index contributed by atoms with van der Waals surface area (Å²) in [7, 11) is 0. The summed E-state index contributed by atoms with van der Waals surface area (Å²) >= 11 is 1.59. The predicted octanol–water partition coefficient (Wildman–Crippen LogP) is 2.23. The molecule has 1 aromatic carbocycles. The first-order valence-electron chi connectivity index (χ1n) is 5.69. The Hall–Kier alpha value is -1.27. The molecule has 2 aromatic rings. The molecule has 4 nitrogen and oxygen atoms in total. The number of H-pyrrole nitrogens is 1. The van der Waals surface area contributed by atoms with Crippen LogP contribution in [0.4, 0.5) is 10.3 Å². The second-order valence-electron chi connectivity index (χ2n) is 4.14. The molecule has 18 heavy (non-hydrogen) atoms. The highest BCUT2D eigenvalue weighted by Gasteiger charge is 2.16. The molecule has 0 aliphatic heterocycles. The number of aliphatic hydroxyl groups is 1. The molecular formula is C12H16FN3OS. The van der Waals surface area contributed by atoms with Crippen molar-refractivity contribution in [2.24, 2.45) is 0 Å². The van der Waals surface area contributed by atoms with Crippen LogP contribution < -0.4 is 5.32 Å². The molecule has 1 aromatic heterocycles. The van der Waals surface area contributed by atoms with E-state index in [4.69, 9.17) is 0 Å². The molecule has 0 bridgehead atoms. The van der Waals surface area contributed by atoms with Gasteiger partial charge in [-0.25, -0.2) is 9.37 Å². The van der Waals surface area contributed by atoms with Gasteiger partial charge in [-0.1, -0.05) is 0 Å².